The molecule has 0 amide bonds. The number of nitrogens with zero attached hydrogens (tertiary/aromatic N) is 1. The first-order chi connectivity index (χ1) is 12.2. The summed E-state index contributed by atoms with van der Waals surface area (Å²) in [6.45, 7) is 18.4. The van der Waals surface area contributed by atoms with Crippen LogP contribution in [-0.2, 0) is 13.1 Å². The van der Waals surface area contributed by atoms with Gasteiger partial charge in [0, 0.05) is 71.0 Å². The SMILES string of the molecule is CCN(CC)CC1CN[C@H](C)CNCCNCCNCCN1.[Cl][Mn][Cl]. The molecular weight excluding hydrogens is 402 g/mol. The minimum absolute atomic E-state index is 0.00694. The van der Waals surface area contributed by atoms with Gasteiger partial charge in [0.05, 0.1) is 0 Å². The first-order valence-electron chi connectivity index (χ1n) is 9.36. The van der Waals surface area contributed by atoms with Gasteiger partial charge < -0.3 is 31.5 Å². The topological polar surface area (TPSA) is 63.4 Å². The van der Waals surface area contributed by atoms with Gasteiger partial charge in [-0.15, -0.1) is 0 Å². The zero-order valence-electron chi connectivity index (χ0n) is 16.0. The summed E-state index contributed by atoms with van der Waals surface area (Å²) in [7, 11) is 9.59. The van der Waals surface area contributed by atoms with Gasteiger partial charge in [0.25, 0.3) is 0 Å². The zero-order valence-corrected chi connectivity index (χ0v) is 18.7. The Morgan fingerprint density at radius 2 is 1.36 bits per heavy atom. The molecule has 5 N–H and O–H groups in total. The molecule has 1 aliphatic rings. The fraction of sp³-hybridized carbons (Fsp3) is 1.00. The molecule has 1 aliphatic heterocycles. The number of hydrogen-bond donors (Lipinski definition) is 5. The number of likely N-dealkylation sites (N-methyl/N-ethyl adjacent to an activating group) is 1. The number of rotatable bonds is 4. The van der Waals surface area contributed by atoms with Crippen LogP contribution < -0.4 is 26.6 Å². The maximum absolute atomic E-state index is 4.80. The van der Waals surface area contributed by atoms with Crippen molar-refractivity contribution in [3.63, 3.8) is 0 Å². The third-order valence-electron chi connectivity index (χ3n) is 4.23. The summed E-state index contributed by atoms with van der Waals surface area (Å²) < 4.78 is 0. The molecular formula is C16H38Cl2MnN6. The van der Waals surface area contributed by atoms with Crippen molar-refractivity contribution in [3.8, 4) is 0 Å². The fourth-order valence-electron chi connectivity index (χ4n) is 2.70. The molecule has 153 valence electrons. The summed E-state index contributed by atoms with van der Waals surface area (Å²) in [5.74, 6) is 0. The molecule has 0 aromatic rings. The molecule has 1 unspecified atom stereocenters. The first kappa shape index (κ1) is 25.9. The molecule has 1 fully saturated rings. The van der Waals surface area contributed by atoms with Crippen molar-refractivity contribution in [2.75, 3.05) is 72.0 Å². The van der Waals surface area contributed by atoms with Crippen molar-refractivity contribution in [1.29, 1.82) is 0 Å². The maximum atomic E-state index is 4.80. The number of nitrogens with one attached hydrogen (secondary N) is 5. The van der Waals surface area contributed by atoms with E-state index in [1.54, 1.807) is 0 Å². The van der Waals surface area contributed by atoms with Gasteiger partial charge in [-0.05, 0) is 20.0 Å². The second-order valence-corrected chi connectivity index (χ2v) is 8.15. The summed E-state index contributed by atoms with van der Waals surface area (Å²) in [5, 5.41) is 17.8. The van der Waals surface area contributed by atoms with Crippen molar-refractivity contribution in [2.24, 2.45) is 0 Å². The zero-order chi connectivity index (χ0) is 18.8. The Morgan fingerprint density at radius 3 is 1.92 bits per heavy atom. The summed E-state index contributed by atoms with van der Waals surface area (Å²) in [5.41, 5.74) is 0. The normalized spacial score (nSPS) is 24.7. The third kappa shape index (κ3) is 16.7. The molecule has 0 aromatic carbocycles. The molecule has 1 heterocycles. The Kier molecular flexibility index (Phi) is 20.3. The Morgan fingerprint density at radius 1 is 0.840 bits per heavy atom. The van der Waals surface area contributed by atoms with E-state index in [0.29, 0.717) is 12.1 Å². The van der Waals surface area contributed by atoms with Crippen molar-refractivity contribution in [3.05, 3.63) is 0 Å². The van der Waals surface area contributed by atoms with E-state index in [1.807, 2.05) is 0 Å². The van der Waals surface area contributed by atoms with Crippen LogP contribution in [0.15, 0.2) is 0 Å². The monoisotopic (exact) mass is 439 g/mol. The predicted molar refractivity (Wildman–Crippen MR) is 107 cm³/mol. The van der Waals surface area contributed by atoms with Crippen molar-refractivity contribution in [1.82, 2.24) is 31.5 Å². The van der Waals surface area contributed by atoms with Gasteiger partial charge >= 0.3 is 33.3 Å². The molecule has 9 heteroatoms. The Labute approximate surface area is 169 Å². The fourth-order valence-corrected chi connectivity index (χ4v) is 2.70. The molecule has 2 atom stereocenters. The van der Waals surface area contributed by atoms with Gasteiger partial charge in [0.15, 0.2) is 0 Å². The molecule has 0 saturated carbocycles. The van der Waals surface area contributed by atoms with Crippen LogP contribution in [0.4, 0.5) is 0 Å². The third-order valence-corrected chi connectivity index (χ3v) is 4.23. The van der Waals surface area contributed by atoms with Crippen LogP contribution >= 0.6 is 20.2 Å². The first-order valence-corrected chi connectivity index (χ1v) is 12.6. The molecule has 0 radical (unpaired) electrons. The van der Waals surface area contributed by atoms with Gasteiger partial charge in [-0.2, -0.15) is 0 Å². The van der Waals surface area contributed by atoms with Crippen molar-refractivity contribution in [2.45, 2.75) is 32.9 Å². The minimum atomic E-state index is 0.00694. The molecule has 25 heavy (non-hydrogen) atoms. The van der Waals surface area contributed by atoms with Crippen LogP contribution in [0, 0.1) is 0 Å². The molecule has 1 rings (SSSR count). The molecule has 0 bridgehead atoms. The predicted octanol–water partition coefficient (Wildman–Crippen LogP) is 0.423. The van der Waals surface area contributed by atoms with Crippen LogP contribution in [-0.4, -0.2) is 89.0 Å². The van der Waals surface area contributed by atoms with Gasteiger partial charge in [-0.25, -0.2) is 0 Å². The molecule has 1 saturated heterocycles. The van der Waals surface area contributed by atoms with E-state index < -0.39 is 0 Å². The Bertz CT molecular complexity index is 275. The quantitative estimate of drug-likeness (QED) is 0.409. The second kappa shape index (κ2) is 19.6. The Hall–Kier alpha value is 0.859. The molecule has 0 spiro atoms. The van der Waals surface area contributed by atoms with Crippen LogP contribution in [0.25, 0.3) is 0 Å². The second-order valence-electron chi connectivity index (χ2n) is 6.20. The standard InChI is InChI=1S/C16H38N6.2ClH.Mn/c1-4-22(5-2)14-16-13-21-15(3)12-19-9-8-17-6-7-18-10-11-20-16;;;/h15-21H,4-14H2,1-3H3;2*1H;/q;;;+2/p-2/t15-,16?;;;/m1.../s1. The summed E-state index contributed by atoms with van der Waals surface area (Å²) in [6.07, 6.45) is 0. The van der Waals surface area contributed by atoms with Gasteiger partial charge in [0.1, 0.15) is 0 Å². The van der Waals surface area contributed by atoms with E-state index in [9.17, 15) is 0 Å². The number of hydrogen-bond acceptors (Lipinski definition) is 6. The van der Waals surface area contributed by atoms with Crippen LogP contribution in [0.1, 0.15) is 20.8 Å². The Balaban J connectivity index is 0.00000178. The number of halogens is 2. The van der Waals surface area contributed by atoms with Gasteiger partial charge in [-0.1, -0.05) is 13.8 Å². The molecule has 6 nitrogen and oxygen atoms in total. The van der Waals surface area contributed by atoms with E-state index in [0.717, 1.165) is 72.0 Å². The average Bonchev–Trinajstić information content (AvgIpc) is 2.62. The average molecular weight is 440 g/mol. The van der Waals surface area contributed by atoms with E-state index in [1.165, 1.54) is 0 Å². The van der Waals surface area contributed by atoms with Crippen LogP contribution in [0.3, 0.4) is 0 Å². The van der Waals surface area contributed by atoms with Gasteiger partial charge in [-0.3, -0.25) is 0 Å². The van der Waals surface area contributed by atoms with Crippen LogP contribution in [0.5, 0.6) is 0 Å². The van der Waals surface area contributed by atoms with Crippen LogP contribution in [0.2, 0.25) is 0 Å². The summed E-state index contributed by atoms with van der Waals surface area (Å²) in [6, 6.07) is 1.01. The van der Waals surface area contributed by atoms with Crippen molar-refractivity contribution < 1.29 is 13.1 Å². The molecule has 0 aliphatic carbocycles. The van der Waals surface area contributed by atoms with E-state index in [4.69, 9.17) is 20.2 Å². The van der Waals surface area contributed by atoms with Crippen molar-refractivity contribution >= 4 is 20.2 Å². The van der Waals surface area contributed by atoms with E-state index in [2.05, 4.69) is 52.3 Å². The summed E-state index contributed by atoms with van der Waals surface area (Å²) >= 11 is 0.00694. The van der Waals surface area contributed by atoms with E-state index in [-0.39, 0.29) is 13.1 Å². The van der Waals surface area contributed by atoms with E-state index >= 15 is 0 Å². The molecule has 0 aromatic heterocycles. The van der Waals surface area contributed by atoms with Gasteiger partial charge in [0.2, 0.25) is 0 Å². The summed E-state index contributed by atoms with van der Waals surface area (Å²) in [4.78, 5) is 2.49.